The number of halogens is 2. The van der Waals surface area contributed by atoms with Crippen LogP contribution < -0.4 is 0 Å². The molecule has 8 heteroatoms. The topological polar surface area (TPSA) is 84.7 Å². The van der Waals surface area contributed by atoms with Gasteiger partial charge in [0, 0.05) is 34.1 Å². The molecule has 0 radical (unpaired) electrons. The molecule has 4 aromatic rings. The molecule has 0 amide bonds. The summed E-state index contributed by atoms with van der Waals surface area (Å²) >= 11 is 9.78. The molecule has 2 aromatic heterocycles. The summed E-state index contributed by atoms with van der Waals surface area (Å²) in [5.74, 6) is 0.332. The van der Waals surface area contributed by atoms with Crippen molar-refractivity contribution >= 4 is 33.2 Å². The zero-order valence-electron chi connectivity index (χ0n) is 14.3. The minimum atomic E-state index is -0.464. The van der Waals surface area contributed by atoms with Crippen molar-refractivity contribution in [1.29, 1.82) is 0 Å². The van der Waals surface area contributed by atoms with Gasteiger partial charge in [-0.05, 0) is 30.3 Å². The van der Waals surface area contributed by atoms with Gasteiger partial charge >= 0.3 is 0 Å². The second kappa shape index (κ2) is 7.53. The Balaban J connectivity index is 1.99. The Morgan fingerprint density at radius 1 is 1.04 bits per heavy atom. The number of aromatic nitrogens is 3. The van der Waals surface area contributed by atoms with Gasteiger partial charge in [0.05, 0.1) is 21.3 Å². The summed E-state index contributed by atoms with van der Waals surface area (Å²) in [6.07, 6.45) is 3.35. The number of rotatable bonds is 4. The number of benzene rings is 2. The van der Waals surface area contributed by atoms with E-state index in [2.05, 4.69) is 30.9 Å². The van der Waals surface area contributed by atoms with Gasteiger partial charge in [-0.1, -0.05) is 45.7 Å². The van der Waals surface area contributed by atoms with Crippen LogP contribution in [0.15, 0.2) is 71.5 Å². The van der Waals surface area contributed by atoms with Crippen LogP contribution in [0, 0.1) is 10.1 Å². The molecule has 0 saturated carbocycles. The maximum Gasteiger partial charge on any atom is 0.281 e. The van der Waals surface area contributed by atoms with Crippen molar-refractivity contribution in [3.8, 4) is 33.9 Å². The minimum absolute atomic E-state index is 0.108. The molecule has 0 aliphatic heterocycles. The van der Waals surface area contributed by atoms with Crippen LogP contribution in [0.3, 0.4) is 0 Å². The average Bonchev–Trinajstić information content (AvgIpc) is 3.13. The lowest BCUT2D eigenvalue weighted by molar-refractivity contribution is -0.384. The third-order valence-corrected chi connectivity index (χ3v) is 5.00. The van der Waals surface area contributed by atoms with E-state index < -0.39 is 4.92 Å². The lowest BCUT2D eigenvalue weighted by Crippen LogP contribution is -1.94. The molecular weight excluding hydrogens is 444 g/mol. The predicted molar refractivity (Wildman–Crippen MR) is 112 cm³/mol. The number of aromatic amines is 1. The third-order valence-electron chi connectivity index (χ3n) is 4.20. The van der Waals surface area contributed by atoms with Gasteiger partial charge in [-0.2, -0.15) is 0 Å². The molecule has 1 N–H and O–H groups in total. The van der Waals surface area contributed by atoms with E-state index in [9.17, 15) is 10.1 Å². The summed E-state index contributed by atoms with van der Waals surface area (Å²) < 4.78 is 0.908. The SMILES string of the molecule is O=[N+]([O-])c1cccc(Cl)c1-c1nc(-c2ccncc2)c(-c2cccc(Br)c2)[nH]1. The zero-order chi connectivity index (χ0) is 19.7. The Morgan fingerprint density at radius 2 is 1.79 bits per heavy atom. The third kappa shape index (κ3) is 3.42. The van der Waals surface area contributed by atoms with E-state index in [0.29, 0.717) is 11.5 Å². The van der Waals surface area contributed by atoms with Gasteiger partial charge in [0.2, 0.25) is 0 Å². The Morgan fingerprint density at radius 3 is 2.50 bits per heavy atom. The summed E-state index contributed by atoms with van der Waals surface area (Å²) in [5.41, 5.74) is 3.26. The molecule has 6 nitrogen and oxygen atoms in total. The van der Waals surface area contributed by atoms with Gasteiger partial charge in [-0.25, -0.2) is 4.98 Å². The van der Waals surface area contributed by atoms with Crippen molar-refractivity contribution in [1.82, 2.24) is 15.0 Å². The molecule has 0 aliphatic rings. The number of H-pyrrole nitrogens is 1. The molecular formula is C20H12BrClN4O2. The highest BCUT2D eigenvalue weighted by atomic mass is 79.9. The first-order valence-electron chi connectivity index (χ1n) is 8.24. The molecule has 0 unspecified atom stereocenters. The smallest absolute Gasteiger partial charge is 0.281 e. The van der Waals surface area contributed by atoms with Crippen LogP contribution >= 0.6 is 27.5 Å². The predicted octanol–water partition coefficient (Wildman–Crippen LogP) is 6.13. The van der Waals surface area contributed by atoms with Crippen LogP contribution in [0.4, 0.5) is 5.69 Å². The fourth-order valence-corrected chi connectivity index (χ4v) is 3.62. The molecule has 0 aliphatic carbocycles. The highest BCUT2D eigenvalue weighted by molar-refractivity contribution is 9.10. The van der Waals surface area contributed by atoms with Gasteiger partial charge in [-0.15, -0.1) is 0 Å². The van der Waals surface area contributed by atoms with E-state index in [4.69, 9.17) is 11.6 Å². The van der Waals surface area contributed by atoms with Gasteiger partial charge in [-0.3, -0.25) is 15.1 Å². The molecule has 2 aromatic carbocycles. The quantitative estimate of drug-likeness (QED) is 0.296. The highest BCUT2D eigenvalue weighted by Gasteiger charge is 2.24. The first-order valence-corrected chi connectivity index (χ1v) is 9.41. The molecule has 0 bridgehead atoms. The van der Waals surface area contributed by atoms with Crippen LogP contribution in [-0.2, 0) is 0 Å². The van der Waals surface area contributed by atoms with Crippen molar-refractivity contribution in [3.05, 3.63) is 86.6 Å². The fourth-order valence-electron chi connectivity index (χ4n) is 2.96. The van der Waals surface area contributed by atoms with E-state index in [1.165, 1.54) is 6.07 Å². The number of pyridine rings is 1. The maximum atomic E-state index is 11.5. The summed E-state index contributed by atoms with van der Waals surface area (Å²) in [4.78, 5) is 23.0. The van der Waals surface area contributed by atoms with E-state index in [1.807, 2.05) is 36.4 Å². The fraction of sp³-hybridized carbons (Fsp3) is 0. The van der Waals surface area contributed by atoms with Crippen LogP contribution in [0.2, 0.25) is 5.02 Å². The molecule has 0 saturated heterocycles. The van der Waals surface area contributed by atoms with Gasteiger partial charge in [0.1, 0.15) is 11.4 Å². The number of nitro groups is 1. The van der Waals surface area contributed by atoms with Crippen molar-refractivity contribution in [2.24, 2.45) is 0 Å². The number of hydrogen-bond donors (Lipinski definition) is 1. The Labute approximate surface area is 173 Å². The average molecular weight is 456 g/mol. The van der Waals surface area contributed by atoms with Crippen LogP contribution in [0.25, 0.3) is 33.9 Å². The molecule has 0 atom stereocenters. The van der Waals surface area contributed by atoms with Crippen molar-refractivity contribution in [3.63, 3.8) is 0 Å². The first kappa shape index (κ1) is 18.3. The number of nitro benzene ring substituents is 1. The van der Waals surface area contributed by atoms with E-state index in [-0.39, 0.29) is 16.3 Å². The monoisotopic (exact) mass is 454 g/mol. The van der Waals surface area contributed by atoms with Gasteiger partial charge in [0.15, 0.2) is 0 Å². The summed E-state index contributed by atoms with van der Waals surface area (Å²) in [6, 6.07) is 16.0. The second-order valence-electron chi connectivity index (χ2n) is 5.95. The van der Waals surface area contributed by atoms with Crippen LogP contribution in [-0.4, -0.2) is 19.9 Å². The molecule has 28 heavy (non-hydrogen) atoms. The standard InChI is InChI=1S/C20H12BrClN4O2/c21-14-4-1-3-13(11-14)19-18(12-7-9-23-10-8-12)24-20(25-19)17-15(22)5-2-6-16(17)26(27)28/h1-11H,(H,24,25). The Kier molecular flexibility index (Phi) is 4.93. The number of imidazole rings is 1. The Hall–Kier alpha value is -3.03. The molecule has 0 spiro atoms. The molecule has 2 heterocycles. The second-order valence-corrected chi connectivity index (χ2v) is 7.27. The van der Waals surface area contributed by atoms with Gasteiger partial charge in [0.25, 0.3) is 5.69 Å². The van der Waals surface area contributed by atoms with Gasteiger partial charge < -0.3 is 4.98 Å². The van der Waals surface area contributed by atoms with Crippen molar-refractivity contribution in [2.45, 2.75) is 0 Å². The number of nitrogens with zero attached hydrogens (tertiary/aromatic N) is 3. The van der Waals surface area contributed by atoms with Crippen molar-refractivity contribution in [2.75, 3.05) is 0 Å². The molecule has 4 rings (SSSR count). The molecule has 138 valence electrons. The minimum Gasteiger partial charge on any atom is -0.337 e. The summed E-state index contributed by atoms with van der Waals surface area (Å²) in [6.45, 7) is 0. The molecule has 0 fully saturated rings. The van der Waals surface area contributed by atoms with Crippen LogP contribution in [0.5, 0.6) is 0 Å². The number of nitrogens with one attached hydrogen (secondary N) is 1. The zero-order valence-corrected chi connectivity index (χ0v) is 16.6. The lowest BCUT2D eigenvalue weighted by atomic mass is 10.1. The lowest BCUT2D eigenvalue weighted by Gasteiger charge is -2.03. The Bertz CT molecular complexity index is 1180. The van der Waals surface area contributed by atoms with E-state index >= 15 is 0 Å². The van der Waals surface area contributed by atoms with Crippen molar-refractivity contribution < 1.29 is 4.92 Å². The summed E-state index contributed by atoms with van der Waals surface area (Å²) in [5, 5.41) is 11.8. The highest BCUT2D eigenvalue weighted by Crippen LogP contribution is 2.39. The van der Waals surface area contributed by atoms with Crippen LogP contribution in [0.1, 0.15) is 0 Å². The number of hydrogen-bond acceptors (Lipinski definition) is 4. The maximum absolute atomic E-state index is 11.5. The van der Waals surface area contributed by atoms with E-state index in [0.717, 1.165) is 21.3 Å². The van der Waals surface area contributed by atoms with E-state index in [1.54, 1.807) is 24.5 Å². The summed E-state index contributed by atoms with van der Waals surface area (Å²) in [7, 11) is 0. The largest absolute Gasteiger partial charge is 0.337 e. The first-order chi connectivity index (χ1) is 13.5. The normalized spacial score (nSPS) is 10.8.